The van der Waals surface area contributed by atoms with E-state index in [1.807, 2.05) is 19.0 Å². The fourth-order valence-corrected chi connectivity index (χ4v) is 1.93. The topological polar surface area (TPSA) is 58.8 Å². The van der Waals surface area contributed by atoms with Crippen molar-refractivity contribution < 1.29 is 13.9 Å². The molecule has 5 nitrogen and oxygen atoms in total. The molecule has 1 atom stereocenters. The summed E-state index contributed by atoms with van der Waals surface area (Å²) in [6.07, 6.45) is 0. The number of hydrogen-bond donors (Lipinski definition) is 1. The van der Waals surface area contributed by atoms with Gasteiger partial charge in [0.1, 0.15) is 11.9 Å². The van der Waals surface area contributed by atoms with E-state index in [-0.39, 0.29) is 18.3 Å². The molecular formula is C15H24FN3O2. The van der Waals surface area contributed by atoms with Gasteiger partial charge >= 0.3 is 0 Å². The molecule has 0 heterocycles. The quantitative estimate of drug-likeness (QED) is 0.767. The molecule has 1 rings (SSSR count). The maximum atomic E-state index is 13.3. The van der Waals surface area contributed by atoms with Crippen LogP contribution in [0.15, 0.2) is 24.3 Å². The van der Waals surface area contributed by atoms with E-state index < -0.39 is 6.04 Å². The number of rotatable bonds is 8. The van der Waals surface area contributed by atoms with Gasteiger partial charge in [-0.2, -0.15) is 0 Å². The largest absolute Gasteiger partial charge is 0.383 e. The lowest BCUT2D eigenvalue weighted by Crippen LogP contribution is -2.47. The summed E-state index contributed by atoms with van der Waals surface area (Å²) in [6, 6.07) is 5.53. The van der Waals surface area contributed by atoms with Gasteiger partial charge in [-0.05, 0) is 31.8 Å². The number of amides is 1. The van der Waals surface area contributed by atoms with Gasteiger partial charge in [0.25, 0.3) is 0 Å². The lowest BCUT2D eigenvalue weighted by atomic mass is 10.2. The van der Waals surface area contributed by atoms with Crippen LogP contribution in [0.4, 0.5) is 4.39 Å². The first-order chi connectivity index (χ1) is 9.93. The fraction of sp³-hybridized carbons (Fsp3) is 0.533. The fourth-order valence-electron chi connectivity index (χ4n) is 1.93. The number of likely N-dealkylation sites (N-methyl/N-ethyl adjacent to an activating group) is 1. The highest BCUT2D eigenvalue weighted by Gasteiger charge is 2.21. The first-order valence-electron chi connectivity index (χ1n) is 6.86. The Balaban J connectivity index is 2.78. The van der Waals surface area contributed by atoms with Crippen molar-refractivity contribution in [3.8, 4) is 0 Å². The first kappa shape index (κ1) is 17.6. The molecule has 0 saturated heterocycles. The summed E-state index contributed by atoms with van der Waals surface area (Å²) in [5.74, 6) is -0.503. The molecule has 2 N–H and O–H groups in total. The lowest BCUT2D eigenvalue weighted by molar-refractivity contribution is -0.134. The van der Waals surface area contributed by atoms with Crippen LogP contribution in [0.5, 0.6) is 0 Å². The number of carbonyl (C=O) groups is 1. The predicted octanol–water partition coefficient (Wildman–Crippen LogP) is 0.690. The maximum Gasteiger partial charge on any atom is 0.242 e. The average molecular weight is 297 g/mol. The molecule has 1 aromatic carbocycles. The van der Waals surface area contributed by atoms with Crippen molar-refractivity contribution in [3.63, 3.8) is 0 Å². The Morgan fingerprint density at radius 3 is 2.67 bits per heavy atom. The van der Waals surface area contributed by atoms with E-state index in [0.717, 1.165) is 5.56 Å². The summed E-state index contributed by atoms with van der Waals surface area (Å²) in [7, 11) is 5.36. The highest BCUT2D eigenvalue weighted by molar-refractivity contribution is 5.81. The number of carbonyl (C=O) groups excluding carboxylic acids is 1. The highest BCUT2D eigenvalue weighted by atomic mass is 19.1. The molecule has 0 saturated carbocycles. The Labute approximate surface area is 125 Å². The number of hydrogen-bond acceptors (Lipinski definition) is 4. The van der Waals surface area contributed by atoms with E-state index >= 15 is 0 Å². The van der Waals surface area contributed by atoms with Gasteiger partial charge in [-0.3, -0.25) is 4.79 Å². The number of benzene rings is 1. The van der Waals surface area contributed by atoms with E-state index in [2.05, 4.69) is 0 Å². The minimum Gasteiger partial charge on any atom is -0.383 e. The summed E-state index contributed by atoms with van der Waals surface area (Å²) in [5, 5.41) is 0. The van der Waals surface area contributed by atoms with Gasteiger partial charge in [0.2, 0.25) is 5.91 Å². The number of methoxy groups -OCH3 is 1. The maximum absolute atomic E-state index is 13.3. The molecule has 0 aliphatic rings. The van der Waals surface area contributed by atoms with Crippen LogP contribution in [-0.2, 0) is 16.1 Å². The second-order valence-corrected chi connectivity index (χ2v) is 5.25. The Hall–Kier alpha value is -1.50. The van der Waals surface area contributed by atoms with Crippen LogP contribution < -0.4 is 5.73 Å². The normalized spacial score (nSPS) is 12.5. The third kappa shape index (κ3) is 6.20. The number of halogens is 1. The van der Waals surface area contributed by atoms with Crippen molar-refractivity contribution in [2.24, 2.45) is 5.73 Å². The molecule has 6 heteroatoms. The summed E-state index contributed by atoms with van der Waals surface area (Å²) < 4.78 is 18.2. The Bertz CT molecular complexity index is 454. The van der Waals surface area contributed by atoms with Crippen LogP contribution in [0.1, 0.15) is 5.56 Å². The van der Waals surface area contributed by atoms with E-state index in [4.69, 9.17) is 10.5 Å². The molecule has 0 radical (unpaired) electrons. The van der Waals surface area contributed by atoms with Gasteiger partial charge in [-0.1, -0.05) is 12.1 Å². The van der Waals surface area contributed by atoms with Crippen LogP contribution in [0.2, 0.25) is 0 Å². The van der Waals surface area contributed by atoms with Gasteiger partial charge in [-0.15, -0.1) is 0 Å². The molecule has 0 aliphatic carbocycles. The molecule has 1 unspecified atom stereocenters. The average Bonchev–Trinajstić information content (AvgIpc) is 2.42. The van der Waals surface area contributed by atoms with E-state index in [1.165, 1.54) is 19.2 Å². The van der Waals surface area contributed by atoms with Crippen molar-refractivity contribution in [2.45, 2.75) is 12.6 Å². The zero-order valence-electron chi connectivity index (χ0n) is 12.9. The standard InChI is InChI=1S/C15H24FN3O2/c1-18(2)7-8-19(15(20)14(17)11-21-3)10-12-5-4-6-13(16)9-12/h4-6,9,14H,7-8,10-11,17H2,1-3H3. The highest BCUT2D eigenvalue weighted by Crippen LogP contribution is 2.08. The van der Waals surface area contributed by atoms with Gasteiger partial charge in [0.05, 0.1) is 6.61 Å². The minimum absolute atomic E-state index is 0.167. The molecule has 0 spiro atoms. The predicted molar refractivity (Wildman–Crippen MR) is 80.2 cm³/mol. The molecule has 118 valence electrons. The SMILES string of the molecule is COCC(N)C(=O)N(CCN(C)C)Cc1cccc(F)c1. The third-order valence-electron chi connectivity index (χ3n) is 3.05. The first-order valence-corrected chi connectivity index (χ1v) is 6.86. The summed E-state index contributed by atoms with van der Waals surface area (Å²) in [6.45, 7) is 1.74. The van der Waals surface area contributed by atoms with Crippen molar-refractivity contribution in [2.75, 3.05) is 40.9 Å². The summed E-state index contributed by atoms with van der Waals surface area (Å²) in [5.41, 5.74) is 6.56. The summed E-state index contributed by atoms with van der Waals surface area (Å²) in [4.78, 5) is 16.0. The van der Waals surface area contributed by atoms with Crippen LogP contribution in [0.3, 0.4) is 0 Å². The molecule has 0 aliphatic heterocycles. The monoisotopic (exact) mass is 297 g/mol. The second-order valence-electron chi connectivity index (χ2n) is 5.25. The lowest BCUT2D eigenvalue weighted by Gasteiger charge is -2.27. The van der Waals surface area contributed by atoms with Crippen LogP contribution >= 0.6 is 0 Å². The van der Waals surface area contributed by atoms with Crippen molar-refractivity contribution >= 4 is 5.91 Å². The number of nitrogens with two attached hydrogens (primary N) is 1. The zero-order chi connectivity index (χ0) is 15.8. The van der Waals surface area contributed by atoms with Crippen molar-refractivity contribution in [1.82, 2.24) is 9.80 Å². The van der Waals surface area contributed by atoms with E-state index in [0.29, 0.717) is 19.6 Å². The molecule has 1 aromatic rings. The molecule has 21 heavy (non-hydrogen) atoms. The number of nitrogens with zero attached hydrogens (tertiary/aromatic N) is 2. The molecule has 0 bridgehead atoms. The summed E-state index contributed by atoms with van der Waals surface area (Å²) >= 11 is 0. The van der Waals surface area contributed by atoms with E-state index in [9.17, 15) is 9.18 Å². The Kier molecular flexibility index (Phi) is 7.28. The van der Waals surface area contributed by atoms with Gasteiger partial charge in [0, 0.05) is 26.7 Å². The Morgan fingerprint density at radius 1 is 1.38 bits per heavy atom. The minimum atomic E-state index is -0.703. The zero-order valence-corrected chi connectivity index (χ0v) is 12.9. The number of ether oxygens (including phenoxy) is 1. The van der Waals surface area contributed by atoms with Crippen LogP contribution in [-0.4, -0.2) is 62.7 Å². The smallest absolute Gasteiger partial charge is 0.242 e. The molecular weight excluding hydrogens is 273 g/mol. The Morgan fingerprint density at radius 2 is 2.10 bits per heavy atom. The second kappa shape index (κ2) is 8.71. The van der Waals surface area contributed by atoms with Crippen molar-refractivity contribution in [1.29, 1.82) is 0 Å². The van der Waals surface area contributed by atoms with Crippen LogP contribution in [0, 0.1) is 5.82 Å². The molecule has 1 amide bonds. The van der Waals surface area contributed by atoms with E-state index in [1.54, 1.807) is 17.0 Å². The molecule has 0 aromatic heterocycles. The van der Waals surface area contributed by atoms with Gasteiger partial charge in [0.15, 0.2) is 0 Å². The van der Waals surface area contributed by atoms with Crippen molar-refractivity contribution in [3.05, 3.63) is 35.6 Å². The van der Waals surface area contributed by atoms with Gasteiger partial charge < -0.3 is 20.3 Å². The third-order valence-corrected chi connectivity index (χ3v) is 3.05. The van der Waals surface area contributed by atoms with Crippen LogP contribution in [0.25, 0.3) is 0 Å². The molecule has 0 fully saturated rings. The van der Waals surface area contributed by atoms with Gasteiger partial charge in [-0.25, -0.2) is 4.39 Å².